The predicted molar refractivity (Wildman–Crippen MR) is 121 cm³/mol. The fourth-order valence-electron chi connectivity index (χ4n) is 3.29. The third-order valence-electron chi connectivity index (χ3n) is 4.92. The minimum Gasteiger partial charge on any atom is -0.497 e. The number of aromatic nitrogens is 2. The number of anilines is 1. The van der Waals surface area contributed by atoms with Crippen molar-refractivity contribution in [2.24, 2.45) is 13.0 Å². The normalized spacial score (nSPS) is 11.9. The van der Waals surface area contributed by atoms with Crippen LogP contribution in [0.25, 0.3) is 0 Å². The maximum atomic E-state index is 12.6. The number of ether oxygens (including phenoxy) is 2. The molecule has 0 aliphatic carbocycles. The Morgan fingerprint density at radius 2 is 1.84 bits per heavy atom. The maximum absolute atomic E-state index is 12.6. The molecule has 0 radical (unpaired) electrons. The minimum absolute atomic E-state index is 0.121. The van der Waals surface area contributed by atoms with E-state index in [0.29, 0.717) is 13.2 Å². The molecule has 1 aromatic heterocycles. The first-order valence-corrected chi connectivity index (χ1v) is 10.3. The number of benzene rings is 2. The van der Waals surface area contributed by atoms with Crippen LogP contribution in [0.1, 0.15) is 36.6 Å². The highest BCUT2D eigenvalue weighted by Crippen LogP contribution is 2.21. The number of carbonyl (C=O) groups is 1. The van der Waals surface area contributed by atoms with Gasteiger partial charge in [-0.2, -0.15) is 5.10 Å². The van der Waals surface area contributed by atoms with E-state index in [-0.39, 0.29) is 18.0 Å². The maximum Gasteiger partial charge on any atom is 0.319 e. The van der Waals surface area contributed by atoms with Gasteiger partial charge in [-0.15, -0.1) is 0 Å². The standard InChI is InChI=1S/C24H30N4O3/c1-17(2)23(20-13-25-28(3)14-20)27-24(29)26-21-7-5-6-19(12-21)16-31-15-18-8-10-22(30-4)11-9-18/h5-14,17,23H,15-16H2,1-4H3,(H2,26,27,29). The second-order valence-electron chi connectivity index (χ2n) is 7.81. The van der Waals surface area contributed by atoms with Crippen molar-refractivity contribution >= 4 is 11.7 Å². The van der Waals surface area contributed by atoms with Crippen LogP contribution in [-0.4, -0.2) is 22.9 Å². The number of amides is 2. The van der Waals surface area contributed by atoms with E-state index < -0.39 is 0 Å². The van der Waals surface area contributed by atoms with E-state index in [4.69, 9.17) is 9.47 Å². The number of methoxy groups -OCH3 is 1. The number of hydrogen-bond donors (Lipinski definition) is 2. The molecule has 2 N–H and O–H groups in total. The fraction of sp³-hybridized carbons (Fsp3) is 0.333. The molecule has 0 saturated carbocycles. The van der Waals surface area contributed by atoms with Crippen LogP contribution in [0.2, 0.25) is 0 Å². The number of carbonyl (C=O) groups excluding carboxylic acids is 1. The summed E-state index contributed by atoms with van der Waals surface area (Å²) in [5.41, 5.74) is 3.76. The third kappa shape index (κ3) is 6.58. The summed E-state index contributed by atoms with van der Waals surface area (Å²) in [4.78, 5) is 12.6. The Morgan fingerprint density at radius 1 is 1.10 bits per heavy atom. The molecule has 0 bridgehead atoms. The van der Waals surface area contributed by atoms with Crippen molar-refractivity contribution in [3.05, 3.63) is 77.6 Å². The summed E-state index contributed by atoms with van der Waals surface area (Å²) < 4.78 is 12.7. The summed E-state index contributed by atoms with van der Waals surface area (Å²) in [6, 6.07) is 15.1. The smallest absolute Gasteiger partial charge is 0.319 e. The highest BCUT2D eigenvalue weighted by atomic mass is 16.5. The number of rotatable bonds is 9. The van der Waals surface area contributed by atoms with Crippen LogP contribution in [-0.2, 0) is 25.0 Å². The van der Waals surface area contributed by atoms with Gasteiger partial charge in [-0.1, -0.05) is 38.1 Å². The number of aryl methyl sites for hydroxylation is 1. The van der Waals surface area contributed by atoms with Crippen molar-refractivity contribution in [1.82, 2.24) is 15.1 Å². The molecule has 0 saturated heterocycles. The quantitative estimate of drug-likeness (QED) is 0.526. The zero-order valence-electron chi connectivity index (χ0n) is 18.5. The Balaban J connectivity index is 1.53. The molecule has 1 heterocycles. The van der Waals surface area contributed by atoms with Crippen LogP contribution in [0, 0.1) is 5.92 Å². The lowest BCUT2D eigenvalue weighted by atomic mass is 9.99. The first kappa shape index (κ1) is 22.4. The number of urea groups is 1. The van der Waals surface area contributed by atoms with Crippen LogP contribution in [0.15, 0.2) is 60.9 Å². The molecule has 7 nitrogen and oxygen atoms in total. The molecule has 1 atom stereocenters. The first-order valence-electron chi connectivity index (χ1n) is 10.3. The summed E-state index contributed by atoms with van der Waals surface area (Å²) in [6.45, 7) is 5.09. The second-order valence-corrected chi connectivity index (χ2v) is 7.81. The van der Waals surface area contributed by atoms with Crippen LogP contribution in [0.3, 0.4) is 0 Å². The van der Waals surface area contributed by atoms with Crippen molar-refractivity contribution < 1.29 is 14.3 Å². The zero-order chi connectivity index (χ0) is 22.2. The molecule has 31 heavy (non-hydrogen) atoms. The lowest BCUT2D eigenvalue weighted by Crippen LogP contribution is -2.35. The van der Waals surface area contributed by atoms with Crippen molar-refractivity contribution in [1.29, 1.82) is 0 Å². The third-order valence-corrected chi connectivity index (χ3v) is 4.92. The number of nitrogens with one attached hydrogen (secondary N) is 2. The van der Waals surface area contributed by atoms with Gasteiger partial charge in [0.25, 0.3) is 0 Å². The van der Waals surface area contributed by atoms with Gasteiger partial charge in [-0.25, -0.2) is 4.79 Å². The van der Waals surface area contributed by atoms with Gasteiger partial charge in [0.2, 0.25) is 0 Å². The largest absolute Gasteiger partial charge is 0.497 e. The Hall–Kier alpha value is -3.32. The van der Waals surface area contributed by atoms with Gasteiger partial charge in [0.05, 0.1) is 32.6 Å². The van der Waals surface area contributed by atoms with Crippen molar-refractivity contribution in [3.63, 3.8) is 0 Å². The topological polar surface area (TPSA) is 77.4 Å². The average Bonchev–Trinajstić information content (AvgIpc) is 3.18. The van der Waals surface area contributed by atoms with E-state index in [2.05, 4.69) is 29.6 Å². The van der Waals surface area contributed by atoms with E-state index in [1.54, 1.807) is 18.0 Å². The fourth-order valence-corrected chi connectivity index (χ4v) is 3.29. The first-order chi connectivity index (χ1) is 14.9. The summed E-state index contributed by atoms with van der Waals surface area (Å²) >= 11 is 0. The van der Waals surface area contributed by atoms with Gasteiger partial charge >= 0.3 is 6.03 Å². The van der Waals surface area contributed by atoms with E-state index in [1.807, 2.05) is 61.8 Å². The molecule has 0 spiro atoms. The molecule has 3 aromatic rings. The lowest BCUT2D eigenvalue weighted by Gasteiger charge is -2.21. The highest BCUT2D eigenvalue weighted by Gasteiger charge is 2.19. The van der Waals surface area contributed by atoms with Crippen LogP contribution >= 0.6 is 0 Å². The van der Waals surface area contributed by atoms with Crippen molar-refractivity contribution in [2.75, 3.05) is 12.4 Å². The Labute approximate surface area is 183 Å². The second kappa shape index (κ2) is 10.6. The monoisotopic (exact) mass is 422 g/mol. The van der Waals surface area contributed by atoms with Gasteiger partial charge < -0.3 is 20.1 Å². The molecule has 2 aromatic carbocycles. The number of hydrogen-bond acceptors (Lipinski definition) is 4. The molecule has 1 unspecified atom stereocenters. The SMILES string of the molecule is COc1ccc(COCc2cccc(NC(=O)NC(c3cnn(C)c3)C(C)C)c2)cc1. The molecule has 0 fully saturated rings. The van der Waals surface area contributed by atoms with E-state index >= 15 is 0 Å². The van der Waals surface area contributed by atoms with Gasteiger partial charge in [0, 0.05) is 24.5 Å². The number of nitrogens with zero attached hydrogens (tertiary/aromatic N) is 2. The van der Waals surface area contributed by atoms with E-state index in [0.717, 1.165) is 28.1 Å². The van der Waals surface area contributed by atoms with E-state index in [1.165, 1.54) is 0 Å². The highest BCUT2D eigenvalue weighted by molar-refractivity contribution is 5.89. The molecule has 7 heteroatoms. The molecular weight excluding hydrogens is 392 g/mol. The van der Waals surface area contributed by atoms with Crippen LogP contribution in [0.5, 0.6) is 5.75 Å². The molecule has 0 aliphatic heterocycles. The van der Waals surface area contributed by atoms with Gasteiger partial charge in [0.1, 0.15) is 5.75 Å². The van der Waals surface area contributed by atoms with Gasteiger partial charge in [-0.05, 0) is 41.3 Å². The Bertz CT molecular complexity index is 982. The zero-order valence-corrected chi connectivity index (χ0v) is 18.5. The molecule has 164 valence electrons. The summed E-state index contributed by atoms with van der Waals surface area (Å²) in [7, 11) is 3.51. The van der Waals surface area contributed by atoms with Crippen LogP contribution < -0.4 is 15.4 Å². The van der Waals surface area contributed by atoms with Crippen molar-refractivity contribution in [2.45, 2.75) is 33.1 Å². The Kier molecular flexibility index (Phi) is 7.67. The summed E-state index contributed by atoms with van der Waals surface area (Å²) in [5.74, 6) is 1.05. The molecule has 2 amide bonds. The summed E-state index contributed by atoms with van der Waals surface area (Å²) in [5, 5.41) is 10.2. The molecule has 0 aliphatic rings. The predicted octanol–water partition coefficient (Wildman–Crippen LogP) is 4.66. The average molecular weight is 423 g/mol. The molecular formula is C24H30N4O3. The van der Waals surface area contributed by atoms with Crippen molar-refractivity contribution in [3.8, 4) is 5.75 Å². The van der Waals surface area contributed by atoms with E-state index in [9.17, 15) is 4.79 Å². The van der Waals surface area contributed by atoms with Gasteiger partial charge in [-0.3, -0.25) is 4.68 Å². The minimum atomic E-state index is -0.251. The van der Waals surface area contributed by atoms with Gasteiger partial charge in [0.15, 0.2) is 0 Å². The Morgan fingerprint density at radius 3 is 2.48 bits per heavy atom. The summed E-state index contributed by atoms with van der Waals surface area (Å²) in [6.07, 6.45) is 3.71. The lowest BCUT2D eigenvalue weighted by molar-refractivity contribution is 0.107. The van der Waals surface area contributed by atoms with Crippen LogP contribution in [0.4, 0.5) is 10.5 Å². The molecule has 3 rings (SSSR count).